The summed E-state index contributed by atoms with van der Waals surface area (Å²) in [7, 11) is 0. The van der Waals surface area contributed by atoms with Crippen LogP contribution in [0.5, 0.6) is 0 Å². The standard InChI is InChI=1S/C21H40O2/c1-3-5-7-9-11-20-16-23-21(17-22-20)19-14-12-18(13-15-19)10-8-6-4-2/h18-21H,3-17H2,1-2H3. The quantitative estimate of drug-likeness (QED) is 0.450. The smallest absolute Gasteiger partial charge is 0.0838 e. The lowest BCUT2D eigenvalue weighted by Crippen LogP contribution is -2.41. The van der Waals surface area contributed by atoms with E-state index in [9.17, 15) is 0 Å². The average Bonchev–Trinajstić information content (AvgIpc) is 2.60. The van der Waals surface area contributed by atoms with Crippen molar-refractivity contribution in [1.29, 1.82) is 0 Å². The molecule has 136 valence electrons. The van der Waals surface area contributed by atoms with E-state index in [-0.39, 0.29) is 0 Å². The molecule has 2 unspecified atom stereocenters. The van der Waals surface area contributed by atoms with E-state index in [4.69, 9.17) is 9.47 Å². The lowest BCUT2D eigenvalue weighted by molar-refractivity contribution is -0.157. The molecule has 2 heteroatoms. The summed E-state index contributed by atoms with van der Waals surface area (Å²) in [5, 5.41) is 0. The Morgan fingerprint density at radius 1 is 0.696 bits per heavy atom. The van der Waals surface area contributed by atoms with Crippen LogP contribution in [-0.2, 0) is 9.47 Å². The number of hydrogen-bond acceptors (Lipinski definition) is 2. The van der Waals surface area contributed by atoms with Gasteiger partial charge in [-0.05, 0) is 31.1 Å². The van der Waals surface area contributed by atoms with Crippen LogP contribution in [0.1, 0.15) is 97.3 Å². The molecular weight excluding hydrogens is 284 g/mol. The second kappa shape index (κ2) is 11.5. The Balaban J connectivity index is 1.55. The summed E-state index contributed by atoms with van der Waals surface area (Å²) in [6.07, 6.45) is 18.5. The third-order valence-corrected chi connectivity index (χ3v) is 6.01. The lowest BCUT2D eigenvalue weighted by Gasteiger charge is -2.38. The van der Waals surface area contributed by atoms with Gasteiger partial charge in [0.25, 0.3) is 0 Å². The van der Waals surface area contributed by atoms with Gasteiger partial charge in [-0.25, -0.2) is 0 Å². The van der Waals surface area contributed by atoms with Gasteiger partial charge in [0.05, 0.1) is 25.4 Å². The Labute approximate surface area is 144 Å². The van der Waals surface area contributed by atoms with Crippen molar-refractivity contribution in [3.8, 4) is 0 Å². The maximum Gasteiger partial charge on any atom is 0.0838 e. The van der Waals surface area contributed by atoms with E-state index in [0.29, 0.717) is 12.2 Å². The Morgan fingerprint density at radius 3 is 2.04 bits per heavy atom. The van der Waals surface area contributed by atoms with Crippen LogP contribution in [0.4, 0.5) is 0 Å². The van der Waals surface area contributed by atoms with Crippen molar-refractivity contribution < 1.29 is 9.47 Å². The number of ether oxygens (including phenoxy) is 2. The fourth-order valence-electron chi connectivity index (χ4n) is 4.33. The largest absolute Gasteiger partial charge is 0.373 e. The maximum atomic E-state index is 6.20. The number of unbranched alkanes of at least 4 members (excludes halogenated alkanes) is 5. The summed E-state index contributed by atoms with van der Waals surface area (Å²) in [5.74, 6) is 1.76. The molecule has 2 rings (SSSR count). The van der Waals surface area contributed by atoms with Gasteiger partial charge in [0.15, 0.2) is 0 Å². The molecule has 0 aromatic carbocycles. The molecule has 0 spiro atoms. The van der Waals surface area contributed by atoms with Crippen molar-refractivity contribution in [3.05, 3.63) is 0 Å². The molecule has 0 amide bonds. The highest BCUT2D eigenvalue weighted by atomic mass is 16.6. The van der Waals surface area contributed by atoms with Crippen molar-refractivity contribution in [3.63, 3.8) is 0 Å². The molecule has 1 saturated carbocycles. The van der Waals surface area contributed by atoms with Gasteiger partial charge in [-0.2, -0.15) is 0 Å². The molecule has 1 heterocycles. The first-order valence-corrected chi connectivity index (χ1v) is 10.6. The monoisotopic (exact) mass is 324 g/mol. The summed E-state index contributed by atoms with van der Waals surface area (Å²) in [5.41, 5.74) is 0. The van der Waals surface area contributed by atoms with E-state index < -0.39 is 0 Å². The molecule has 1 aliphatic carbocycles. The SMILES string of the molecule is CCCCCCC1COC(C2CCC(CCCCC)CC2)CO1. The molecule has 0 aromatic rings. The Bertz CT molecular complexity index is 276. The van der Waals surface area contributed by atoms with Gasteiger partial charge >= 0.3 is 0 Å². The van der Waals surface area contributed by atoms with Crippen molar-refractivity contribution in [2.45, 2.75) is 110 Å². The zero-order chi connectivity index (χ0) is 16.3. The average molecular weight is 325 g/mol. The van der Waals surface area contributed by atoms with E-state index in [2.05, 4.69) is 13.8 Å². The van der Waals surface area contributed by atoms with E-state index in [1.807, 2.05) is 0 Å². The highest BCUT2D eigenvalue weighted by molar-refractivity contribution is 4.81. The summed E-state index contributed by atoms with van der Waals surface area (Å²) in [4.78, 5) is 0. The molecule has 2 atom stereocenters. The zero-order valence-electron chi connectivity index (χ0n) is 15.7. The second-order valence-electron chi connectivity index (χ2n) is 7.95. The van der Waals surface area contributed by atoms with E-state index in [1.54, 1.807) is 0 Å². The minimum Gasteiger partial charge on any atom is -0.373 e. The molecule has 1 aliphatic heterocycles. The van der Waals surface area contributed by atoms with Crippen molar-refractivity contribution in [2.75, 3.05) is 13.2 Å². The molecule has 0 aromatic heterocycles. The molecule has 0 radical (unpaired) electrons. The summed E-state index contributed by atoms with van der Waals surface area (Å²) in [6, 6.07) is 0. The predicted molar refractivity (Wildman–Crippen MR) is 97.8 cm³/mol. The third-order valence-electron chi connectivity index (χ3n) is 6.01. The van der Waals surface area contributed by atoms with Crippen LogP contribution in [0, 0.1) is 11.8 Å². The molecular formula is C21H40O2. The molecule has 23 heavy (non-hydrogen) atoms. The second-order valence-corrected chi connectivity index (χ2v) is 7.95. The first kappa shape index (κ1) is 19.2. The zero-order valence-corrected chi connectivity index (χ0v) is 15.7. The number of hydrogen-bond donors (Lipinski definition) is 0. The van der Waals surface area contributed by atoms with Gasteiger partial charge in [-0.15, -0.1) is 0 Å². The minimum absolute atomic E-state index is 0.369. The van der Waals surface area contributed by atoms with Crippen LogP contribution in [0.25, 0.3) is 0 Å². The van der Waals surface area contributed by atoms with Gasteiger partial charge in [0, 0.05) is 0 Å². The van der Waals surface area contributed by atoms with Crippen LogP contribution >= 0.6 is 0 Å². The van der Waals surface area contributed by atoms with Gasteiger partial charge in [0.1, 0.15) is 0 Å². The molecule has 0 N–H and O–H groups in total. The van der Waals surface area contributed by atoms with Gasteiger partial charge in [-0.3, -0.25) is 0 Å². The van der Waals surface area contributed by atoms with Crippen molar-refractivity contribution >= 4 is 0 Å². The first-order chi connectivity index (χ1) is 11.3. The molecule has 2 nitrogen and oxygen atoms in total. The fraction of sp³-hybridized carbons (Fsp3) is 1.00. The fourth-order valence-corrected chi connectivity index (χ4v) is 4.33. The Hall–Kier alpha value is -0.0800. The summed E-state index contributed by atoms with van der Waals surface area (Å²) >= 11 is 0. The van der Waals surface area contributed by atoms with Crippen molar-refractivity contribution in [1.82, 2.24) is 0 Å². The Kier molecular flexibility index (Phi) is 9.60. The van der Waals surface area contributed by atoms with E-state index in [0.717, 1.165) is 25.0 Å². The van der Waals surface area contributed by atoms with Crippen LogP contribution in [0.2, 0.25) is 0 Å². The number of rotatable bonds is 10. The molecule has 1 saturated heterocycles. The first-order valence-electron chi connectivity index (χ1n) is 10.6. The summed E-state index contributed by atoms with van der Waals surface area (Å²) in [6.45, 7) is 6.26. The molecule has 2 fully saturated rings. The van der Waals surface area contributed by atoms with Gasteiger partial charge < -0.3 is 9.47 Å². The van der Waals surface area contributed by atoms with Gasteiger partial charge in [-0.1, -0.05) is 78.1 Å². The topological polar surface area (TPSA) is 18.5 Å². The van der Waals surface area contributed by atoms with Crippen LogP contribution in [0.15, 0.2) is 0 Å². The predicted octanol–water partition coefficient (Wildman–Crippen LogP) is 6.13. The van der Waals surface area contributed by atoms with Crippen molar-refractivity contribution in [2.24, 2.45) is 11.8 Å². The van der Waals surface area contributed by atoms with Crippen LogP contribution in [-0.4, -0.2) is 25.4 Å². The minimum atomic E-state index is 0.369. The van der Waals surface area contributed by atoms with E-state index >= 15 is 0 Å². The van der Waals surface area contributed by atoms with Gasteiger partial charge in [0.2, 0.25) is 0 Å². The maximum absolute atomic E-state index is 6.20. The highest BCUT2D eigenvalue weighted by Crippen LogP contribution is 2.35. The highest BCUT2D eigenvalue weighted by Gasteiger charge is 2.31. The Morgan fingerprint density at radius 2 is 1.39 bits per heavy atom. The third kappa shape index (κ3) is 7.13. The van der Waals surface area contributed by atoms with Crippen LogP contribution in [0.3, 0.4) is 0 Å². The van der Waals surface area contributed by atoms with Crippen LogP contribution < -0.4 is 0 Å². The molecule has 2 aliphatic rings. The lowest BCUT2D eigenvalue weighted by atomic mass is 9.77. The van der Waals surface area contributed by atoms with E-state index in [1.165, 1.54) is 83.5 Å². The molecule has 0 bridgehead atoms. The summed E-state index contributed by atoms with van der Waals surface area (Å²) < 4.78 is 12.3. The normalized spacial score (nSPS) is 32.1.